The number of rotatable bonds is 4. The van der Waals surface area contributed by atoms with E-state index < -0.39 is 10.2 Å². The lowest BCUT2D eigenvalue weighted by Gasteiger charge is -2.35. The molecule has 8 nitrogen and oxygen atoms in total. The molecule has 0 aromatic rings. The summed E-state index contributed by atoms with van der Waals surface area (Å²) in [6.07, 6.45) is 2.35. The highest BCUT2D eigenvalue weighted by Crippen LogP contribution is 2.12. The Labute approximate surface area is 125 Å². The summed E-state index contributed by atoms with van der Waals surface area (Å²) < 4.78 is 26.9. The predicted molar refractivity (Wildman–Crippen MR) is 76.6 cm³/mol. The third kappa shape index (κ3) is 3.92. The molecule has 0 aliphatic carbocycles. The number of likely N-dealkylation sites (tertiary alicyclic amines) is 1. The maximum absolute atomic E-state index is 12.2. The zero-order valence-electron chi connectivity index (χ0n) is 12.2. The fraction of sp³-hybridized carbons (Fsp3) is 0.833. The van der Waals surface area contributed by atoms with Gasteiger partial charge in [0.2, 0.25) is 11.8 Å². The SMILES string of the molecule is CNS(=O)(=O)N1CCN(C(=O)CN2CCCCC2=O)CC1. The second kappa shape index (κ2) is 6.71. The molecular formula is C12H22N4O4S. The number of carbonyl (C=O) groups is 2. The molecule has 0 unspecified atom stereocenters. The summed E-state index contributed by atoms with van der Waals surface area (Å²) >= 11 is 0. The van der Waals surface area contributed by atoms with Crippen LogP contribution in [0.1, 0.15) is 19.3 Å². The molecule has 0 atom stereocenters. The lowest BCUT2D eigenvalue weighted by atomic mass is 10.1. The van der Waals surface area contributed by atoms with Crippen molar-refractivity contribution in [2.24, 2.45) is 0 Å². The van der Waals surface area contributed by atoms with Gasteiger partial charge >= 0.3 is 0 Å². The Morgan fingerprint density at radius 2 is 1.81 bits per heavy atom. The van der Waals surface area contributed by atoms with Crippen molar-refractivity contribution in [1.82, 2.24) is 18.8 Å². The summed E-state index contributed by atoms with van der Waals surface area (Å²) in [6.45, 7) is 2.03. The Kier molecular flexibility index (Phi) is 5.17. The topological polar surface area (TPSA) is 90.0 Å². The van der Waals surface area contributed by atoms with Crippen molar-refractivity contribution in [2.75, 3.05) is 46.3 Å². The van der Waals surface area contributed by atoms with Gasteiger partial charge in [-0.25, -0.2) is 4.72 Å². The van der Waals surface area contributed by atoms with Gasteiger partial charge < -0.3 is 9.80 Å². The van der Waals surface area contributed by atoms with E-state index in [-0.39, 0.29) is 31.4 Å². The molecule has 120 valence electrons. The van der Waals surface area contributed by atoms with E-state index in [1.165, 1.54) is 11.4 Å². The number of carbonyl (C=O) groups excluding carboxylic acids is 2. The number of hydrogen-bond donors (Lipinski definition) is 1. The molecule has 2 fully saturated rings. The first-order valence-corrected chi connectivity index (χ1v) is 8.62. The first-order valence-electron chi connectivity index (χ1n) is 7.18. The molecule has 0 radical (unpaired) electrons. The van der Waals surface area contributed by atoms with E-state index in [9.17, 15) is 18.0 Å². The van der Waals surface area contributed by atoms with E-state index in [0.29, 0.717) is 26.1 Å². The number of piperidine rings is 1. The Hall–Kier alpha value is -1.19. The van der Waals surface area contributed by atoms with Gasteiger partial charge in [0, 0.05) is 46.2 Å². The molecule has 2 rings (SSSR count). The largest absolute Gasteiger partial charge is 0.339 e. The smallest absolute Gasteiger partial charge is 0.279 e. The average Bonchev–Trinajstić information content (AvgIpc) is 2.49. The minimum atomic E-state index is -3.43. The van der Waals surface area contributed by atoms with Gasteiger partial charge in [-0.3, -0.25) is 9.59 Å². The maximum Gasteiger partial charge on any atom is 0.279 e. The van der Waals surface area contributed by atoms with E-state index in [1.54, 1.807) is 9.80 Å². The van der Waals surface area contributed by atoms with Gasteiger partial charge in [-0.2, -0.15) is 12.7 Å². The van der Waals surface area contributed by atoms with Crippen LogP contribution in [0.25, 0.3) is 0 Å². The fourth-order valence-electron chi connectivity index (χ4n) is 2.60. The average molecular weight is 318 g/mol. The van der Waals surface area contributed by atoms with E-state index >= 15 is 0 Å². The Morgan fingerprint density at radius 1 is 1.14 bits per heavy atom. The zero-order chi connectivity index (χ0) is 15.5. The summed E-state index contributed by atoms with van der Waals surface area (Å²) in [5, 5.41) is 0. The minimum Gasteiger partial charge on any atom is -0.339 e. The highest BCUT2D eigenvalue weighted by Gasteiger charge is 2.29. The van der Waals surface area contributed by atoms with Gasteiger partial charge in [0.1, 0.15) is 0 Å². The fourth-order valence-corrected chi connectivity index (χ4v) is 3.50. The van der Waals surface area contributed by atoms with Crippen LogP contribution >= 0.6 is 0 Å². The van der Waals surface area contributed by atoms with Crippen molar-refractivity contribution < 1.29 is 18.0 Å². The molecule has 0 bridgehead atoms. The van der Waals surface area contributed by atoms with Crippen LogP contribution in [-0.4, -0.2) is 80.7 Å². The van der Waals surface area contributed by atoms with Gasteiger partial charge in [0.05, 0.1) is 6.54 Å². The van der Waals surface area contributed by atoms with E-state index in [1.807, 2.05) is 0 Å². The van der Waals surface area contributed by atoms with Crippen LogP contribution in [0.5, 0.6) is 0 Å². The molecule has 0 saturated carbocycles. The zero-order valence-corrected chi connectivity index (χ0v) is 13.1. The molecule has 2 amide bonds. The van der Waals surface area contributed by atoms with Crippen LogP contribution in [0.3, 0.4) is 0 Å². The summed E-state index contributed by atoms with van der Waals surface area (Å²) in [5.41, 5.74) is 0. The summed E-state index contributed by atoms with van der Waals surface area (Å²) in [6, 6.07) is 0. The number of amides is 2. The molecule has 2 aliphatic heterocycles. The molecule has 2 aliphatic rings. The van der Waals surface area contributed by atoms with Crippen molar-refractivity contribution in [1.29, 1.82) is 0 Å². The van der Waals surface area contributed by atoms with Crippen LogP contribution in [0.2, 0.25) is 0 Å². The summed E-state index contributed by atoms with van der Waals surface area (Å²) in [4.78, 5) is 27.1. The standard InChI is InChI=1S/C12H22N4O4S/c1-13-21(19,20)16-8-6-14(7-9-16)12(18)10-15-5-3-2-4-11(15)17/h13H,2-10H2,1H3. The second-order valence-electron chi connectivity index (χ2n) is 5.26. The first kappa shape index (κ1) is 16.2. The molecule has 0 aromatic heterocycles. The minimum absolute atomic E-state index is 0.0333. The molecule has 2 saturated heterocycles. The van der Waals surface area contributed by atoms with Gasteiger partial charge in [0.25, 0.3) is 10.2 Å². The molecule has 0 spiro atoms. The molecule has 1 N–H and O–H groups in total. The predicted octanol–water partition coefficient (Wildman–Crippen LogP) is -1.39. The van der Waals surface area contributed by atoms with Crippen LogP contribution < -0.4 is 4.72 Å². The number of hydrogen-bond acceptors (Lipinski definition) is 4. The van der Waals surface area contributed by atoms with E-state index in [4.69, 9.17) is 0 Å². The highest BCUT2D eigenvalue weighted by molar-refractivity contribution is 7.87. The Bertz CT molecular complexity index is 499. The third-order valence-electron chi connectivity index (χ3n) is 3.94. The maximum atomic E-state index is 12.2. The van der Waals surface area contributed by atoms with Gasteiger partial charge in [-0.05, 0) is 12.8 Å². The third-order valence-corrected chi connectivity index (χ3v) is 5.50. The monoisotopic (exact) mass is 318 g/mol. The second-order valence-corrected chi connectivity index (χ2v) is 7.14. The number of nitrogens with zero attached hydrogens (tertiary/aromatic N) is 3. The van der Waals surface area contributed by atoms with Crippen LogP contribution in [0, 0.1) is 0 Å². The molecule has 21 heavy (non-hydrogen) atoms. The number of piperazine rings is 1. The molecule has 2 heterocycles. The van der Waals surface area contributed by atoms with Crippen molar-refractivity contribution in [2.45, 2.75) is 19.3 Å². The summed E-state index contributed by atoms with van der Waals surface area (Å²) in [5.74, 6) is -0.0715. The molecule has 0 aromatic carbocycles. The van der Waals surface area contributed by atoms with Gasteiger partial charge in [-0.1, -0.05) is 0 Å². The van der Waals surface area contributed by atoms with Crippen LogP contribution in [-0.2, 0) is 19.8 Å². The lowest BCUT2D eigenvalue weighted by molar-refractivity contribution is -0.142. The molecular weight excluding hydrogens is 296 g/mol. The summed E-state index contributed by atoms with van der Waals surface area (Å²) in [7, 11) is -2.06. The first-order chi connectivity index (χ1) is 9.94. The van der Waals surface area contributed by atoms with E-state index in [0.717, 1.165) is 12.8 Å². The normalized spacial score (nSPS) is 21.7. The van der Waals surface area contributed by atoms with Gasteiger partial charge in [-0.15, -0.1) is 0 Å². The van der Waals surface area contributed by atoms with Gasteiger partial charge in [0.15, 0.2) is 0 Å². The van der Waals surface area contributed by atoms with Crippen molar-refractivity contribution in [3.05, 3.63) is 0 Å². The Balaban J connectivity index is 1.84. The van der Waals surface area contributed by atoms with Crippen LogP contribution in [0.15, 0.2) is 0 Å². The Morgan fingerprint density at radius 3 is 2.38 bits per heavy atom. The number of nitrogens with one attached hydrogen (secondary N) is 1. The molecule has 9 heteroatoms. The van der Waals surface area contributed by atoms with Crippen molar-refractivity contribution in [3.8, 4) is 0 Å². The highest BCUT2D eigenvalue weighted by atomic mass is 32.2. The van der Waals surface area contributed by atoms with Crippen molar-refractivity contribution in [3.63, 3.8) is 0 Å². The van der Waals surface area contributed by atoms with Crippen LogP contribution in [0.4, 0.5) is 0 Å². The van der Waals surface area contributed by atoms with E-state index in [2.05, 4.69) is 4.72 Å². The van der Waals surface area contributed by atoms with Crippen molar-refractivity contribution >= 4 is 22.0 Å². The lowest BCUT2D eigenvalue weighted by Crippen LogP contribution is -2.54. The quantitative estimate of drug-likeness (QED) is 0.691.